The van der Waals surface area contributed by atoms with E-state index >= 15 is 0 Å². The van der Waals surface area contributed by atoms with Crippen molar-refractivity contribution >= 4 is 10.0 Å². The van der Waals surface area contributed by atoms with Gasteiger partial charge in [-0.05, 0) is 84.6 Å². The molecule has 184 valence electrons. The second-order valence-electron chi connectivity index (χ2n) is 9.64. The lowest BCUT2D eigenvalue weighted by atomic mass is 9.84. The zero-order chi connectivity index (χ0) is 25.0. The highest BCUT2D eigenvalue weighted by Crippen LogP contribution is 2.34. The fourth-order valence-corrected chi connectivity index (χ4v) is 5.26. The molecule has 0 saturated heterocycles. The lowest BCUT2D eigenvalue weighted by Crippen LogP contribution is -2.36. The van der Waals surface area contributed by atoms with Gasteiger partial charge in [0.05, 0.1) is 11.2 Å². The van der Waals surface area contributed by atoms with Crippen LogP contribution in [0.25, 0.3) is 11.3 Å². The standard InChI is InChI=1S/C27H36N2O4S/c1-18(2)23-14-21(26-8-7-13-33-26)15-24(19(3)4)25(23)16-27(30)28-34(31,32)22-11-9-20(10-12-22)17-29(5)6/h7-15,18-19,27-28,30H,16-17H2,1-6H3. The molecular formula is C27H36N2O4S. The Bertz CT molecular complexity index is 1150. The number of hydrogen-bond donors (Lipinski definition) is 2. The van der Waals surface area contributed by atoms with Crippen molar-refractivity contribution in [1.82, 2.24) is 9.62 Å². The number of sulfonamides is 1. The second-order valence-corrected chi connectivity index (χ2v) is 11.4. The van der Waals surface area contributed by atoms with E-state index in [1.807, 2.05) is 31.1 Å². The van der Waals surface area contributed by atoms with Crippen molar-refractivity contribution in [2.45, 2.75) is 63.6 Å². The number of nitrogens with zero attached hydrogens (tertiary/aromatic N) is 1. The van der Waals surface area contributed by atoms with Crippen LogP contribution in [-0.2, 0) is 23.0 Å². The van der Waals surface area contributed by atoms with E-state index in [1.54, 1.807) is 30.5 Å². The highest BCUT2D eigenvalue weighted by Gasteiger charge is 2.23. The average Bonchev–Trinajstić information content (AvgIpc) is 3.28. The van der Waals surface area contributed by atoms with Gasteiger partial charge in [0.25, 0.3) is 0 Å². The monoisotopic (exact) mass is 484 g/mol. The van der Waals surface area contributed by atoms with Crippen molar-refractivity contribution < 1.29 is 17.9 Å². The molecule has 0 radical (unpaired) electrons. The summed E-state index contributed by atoms with van der Waals surface area (Å²) in [5.41, 5.74) is 5.11. The molecule has 0 bridgehead atoms. The number of rotatable bonds is 10. The molecule has 0 fully saturated rings. The Kier molecular flexibility index (Phi) is 8.36. The number of furan rings is 1. The van der Waals surface area contributed by atoms with Crippen molar-refractivity contribution in [3.05, 3.63) is 77.0 Å². The third-order valence-electron chi connectivity index (χ3n) is 5.79. The van der Waals surface area contributed by atoms with Crippen LogP contribution in [0.4, 0.5) is 0 Å². The summed E-state index contributed by atoms with van der Waals surface area (Å²) in [6.45, 7) is 9.11. The van der Waals surface area contributed by atoms with Crippen LogP contribution in [0.1, 0.15) is 61.8 Å². The molecule has 3 rings (SSSR count). The van der Waals surface area contributed by atoms with Gasteiger partial charge in [-0.25, -0.2) is 8.42 Å². The number of aliphatic hydroxyl groups is 1. The summed E-state index contributed by atoms with van der Waals surface area (Å²) in [7, 11) is 0.0545. The summed E-state index contributed by atoms with van der Waals surface area (Å²) in [4.78, 5) is 2.15. The van der Waals surface area contributed by atoms with Crippen molar-refractivity contribution in [3.8, 4) is 11.3 Å². The van der Waals surface area contributed by atoms with E-state index in [2.05, 4.69) is 44.5 Å². The molecule has 1 atom stereocenters. The molecule has 0 aliphatic rings. The lowest BCUT2D eigenvalue weighted by molar-refractivity contribution is 0.163. The molecule has 0 spiro atoms. The van der Waals surface area contributed by atoms with Crippen LogP contribution in [0.15, 0.2) is 64.1 Å². The molecule has 1 heterocycles. The Labute approximate surface area is 203 Å². The second kappa shape index (κ2) is 10.9. The highest BCUT2D eigenvalue weighted by molar-refractivity contribution is 7.89. The lowest BCUT2D eigenvalue weighted by Gasteiger charge is -2.23. The van der Waals surface area contributed by atoms with E-state index in [0.717, 1.165) is 40.1 Å². The van der Waals surface area contributed by atoms with Crippen LogP contribution in [0, 0.1) is 0 Å². The summed E-state index contributed by atoms with van der Waals surface area (Å²) in [5, 5.41) is 10.8. The Morgan fingerprint density at radius 3 is 2.03 bits per heavy atom. The van der Waals surface area contributed by atoms with Gasteiger partial charge in [0.15, 0.2) is 0 Å². The normalized spacial score (nSPS) is 13.2. The van der Waals surface area contributed by atoms with Gasteiger partial charge < -0.3 is 14.4 Å². The summed E-state index contributed by atoms with van der Waals surface area (Å²) in [6.07, 6.45) is 0.576. The van der Waals surface area contributed by atoms with Crippen LogP contribution >= 0.6 is 0 Å². The average molecular weight is 485 g/mol. The van der Waals surface area contributed by atoms with Gasteiger partial charge in [0.1, 0.15) is 12.0 Å². The third kappa shape index (κ3) is 6.36. The molecule has 2 aromatic carbocycles. The Morgan fingerprint density at radius 1 is 0.971 bits per heavy atom. The molecule has 0 saturated carbocycles. The topological polar surface area (TPSA) is 82.8 Å². The van der Waals surface area contributed by atoms with Gasteiger partial charge in [-0.2, -0.15) is 4.72 Å². The minimum atomic E-state index is -3.86. The highest BCUT2D eigenvalue weighted by atomic mass is 32.2. The number of aliphatic hydroxyl groups excluding tert-OH is 1. The van der Waals surface area contributed by atoms with Gasteiger partial charge in [0.2, 0.25) is 10.0 Å². The molecule has 1 aromatic heterocycles. The van der Waals surface area contributed by atoms with Crippen molar-refractivity contribution in [3.63, 3.8) is 0 Å². The fraction of sp³-hybridized carbons (Fsp3) is 0.407. The van der Waals surface area contributed by atoms with Gasteiger partial charge in [-0.15, -0.1) is 0 Å². The molecule has 6 nitrogen and oxygen atoms in total. The van der Waals surface area contributed by atoms with Crippen LogP contribution in [0.3, 0.4) is 0 Å². The van der Waals surface area contributed by atoms with Gasteiger partial charge in [0, 0.05) is 18.5 Å². The largest absolute Gasteiger partial charge is 0.464 e. The number of benzene rings is 2. The molecule has 34 heavy (non-hydrogen) atoms. The van der Waals surface area contributed by atoms with Gasteiger partial charge >= 0.3 is 0 Å². The predicted octanol–water partition coefficient (Wildman–Crippen LogP) is 5.09. The van der Waals surface area contributed by atoms with E-state index in [0.29, 0.717) is 0 Å². The summed E-state index contributed by atoms with van der Waals surface area (Å²) < 4.78 is 33.9. The SMILES string of the molecule is CC(C)c1cc(-c2ccco2)cc(C(C)C)c1CC(O)NS(=O)(=O)c1ccc(CN(C)C)cc1. The Morgan fingerprint density at radius 2 is 1.56 bits per heavy atom. The molecule has 3 aromatic rings. The summed E-state index contributed by atoms with van der Waals surface area (Å²) >= 11 is 0. The Hall–Kier alpha value is -2.45. The zero-order valence-electron chi connectivity index (χ0n) is 20.9. The van der Waals surface area contributed by atoms with E-state index in [1.165, 1.54) is 0 Å². The van der Waals surface area contributed by atoms with Crippen LogP contribution < -0.4 is 4.72 Å². The van der Waals surface area contributed by atoms with Crippen LogP contribution in [0.2, 0.25) is 0 Å². The quantitative estimate of drug-likeness (QED) is 0.392. The van der Waals surface area contributed by atoms with Crippen LogP contribution in [-0.4, -0.2) is 38.7 Å². The van der Waals surface area contributed by atoms with Gasteiger partial charge in [-0.3, -0.25) is 0 Å². The van der Waals surface area contributed by atoms with Crippen molar-refractivity contribution in [2.24, 2.45) is 0 Å². The van der Waals surface area contributed by atoms with E-state index in [9.17, 15) is 13.5 Å². The predicted molar refractivity (Wildman–Crippen MR) is 136 cm³/mol. The van der Waals surface area contributed by atoms with E-state index < -0.39 is 16.3 Å². The fourth-order valence-electron chi connectivity index (χ4n) is 4.19. The summed E-state index contributed by atoms with van der Waals surface area (Å²) in [6, 6.07) is 14.7. The molecule has 0 aliphatic heterocycles. The smallest absolute Gasteiger partial charge is 0.242 e. The van der Waals surface area contributed by atoms with E-state index in [-0.39, 0.29) is 23.2 Å². The number of hydrogen-bond acceptors (Lipinski definition) is 5. The first-order valence-corrected chi connectivity index (χ1v) is 13.1. The zero-order valence-corrected chi connectivity index (χ0v) is 21.7. The first-order valence-electron chi connectivity index (χ1n) is 11.6. The first-order chi connectivity index (χ1) is 16.0. The minimum absolute atomic E-state index is 0.135. The van der Waals surface area contributed by atoms with Crippen LogP contribution in [0.5, 0.6) is 0 Å². The molecular weight excluding hydrogens is 448 g/mol. The molecule has 0 amide bonds. The van der Waals surface area contributed by atoms with Crippen molar-refractivity contribution in [1.29, 1.82) is 0 Å². The van der Waals surface area contributed by atoms with Gasteiger partial charge in [-0.1, -0.05) is 39.8 Å². The molecule has 7 heteroatoms. The maximum Gasteiger partial charge on any atom is 0.242 e. The van der Waals surface area contributed by atoms with E-state index in [4.69, 9.17) is 4.42 Å². The summed E-state index contributed by atoms with van der Waals surface area (Å²) in [5.74, 6) is 1.17. The van der Waals surface area contributed by atoms with Crippen molar-refractivity contribution in [2.75, 3.05) is 14.1 Å². The molecule has 1 unspecified atom stereocenters. The molecule has 2 N–H and O–H groups in total. The maximum absolute atomic E-state index is 12.9. The third-order valence-corrected chi connectivity index (χ3v) is 7.26. The minimum Gasteiger partial charge on any atom is -0.464 e. The first kappa shape index (κ1) is 26.2. The molecule has 0 aliphatic carbocycles. The Balaban J connectivity index is 1.87. The number of nitrogens with one attached hydrogen (secondary N) is 1. The maximum atomic E-state index is 12.9.